The molecule has 0 N–H and O–H groups in total. The summed E-state index contributed by atoms with van der Waals surface area (Å²) < 4.78 is 3.19. The summed E-state index contributed by atoms with van der Waals surface area (Å²) in [5.41, 5.74) is 4.51. The summed E-state index contributed by atoms with van der Waals surface area (Å²) in [5, 5.41) is 0. The topological polar surface area (TPSA) is 17.3 Å². The highest BCUT2D eigenvalue weighted by Crippen LogP contribution is 2.22. The summed E-state index contributed by atoms with van der Waals surface area (Å²) >= 11 is 3.53. The van der Waals surface area contributed by atoms with Gasteiger partial charge in [-0.15, -0.1) is 0 Å². The third-order valence-electron chi connectivity index (χ3n) is 4.29. The summed E-state index contributed by atoms with van der Waals surface area (Å²) in [7, 11) is 0. The molecule has 0 fully saturated rings. The van der Waals surface area contributed by atoms with E-state index in [-0.39, 0.29) is 0 Å². The minimum Gasteiger partial charge on any atom is -0.316 e. The predicted octanol–water partition coefficient (Wildman–Crippen LogP) is 6.50. The van der Waals surface area contributed by atoms with Crippen LogP contribution < -0.4 is 0 Å². The third-order valence-corrected chi connectivity index (χ3v) is 4.78. The maximum atomic E-state index is 4.63. The van der Waals surface area contributed by atoms with Crippen LogP contribution in [0.5, 0.6) is 0 Å². The molecule has 24 heavy (non-hydrogen) atoms. The van der Waals surface area contributed by atoms with E-state index in [0.717, 1.165) is 28.0 Å². The third kappa shape index (κ3) is 3.85. The monoisotopic (exact) mass is 380 g/mol. The van der Waals surface area contributed by atoms with Crippen LogP contribution in [0.2, 0.25) is 0 Å². The smallest absolute Gasteiger partial charge is 0.0639 e. The maximum Gasteiger partial charge on any atom is 0.0639 e. The minimum absolute atomic E-state index is 0.594. The van der Waals surface area contributed by atoms with Crippen molar-refractivity contribution in [1.29, 1.82) is 0 Å². The van der Waals surface area contributed by atoms with Gasteiger partial charge in [-0.1, -0.05) is 48.0 Å². The van der Waals surface area contributed by atoms with Crippen molar-refractivity contribution in [3.63, 3.8) is 0 Å². The van der Waals surface area contributed by atoms with E-state index in [1.54, 1.807) is 0 Å². The maximum absolute atomic E-state index is 4.63. The predicted molar refractivity (Wildman–Crippen MR) is 106 cm³/mol. The Morgan fingerprint density at radius 3 is 2.58 bits per heavy atom. The van der Waals surface area contributed by atoms with Crippen LogP contribution in [0.25, 0.3) is 5.69 Å². The summed E-state index contributed by atoms with van der Waals surface area (Å²) in [6, 6.07) is 20.9. The van der Waals surface area contributed by atoms with Crippen molar-refractivity contribution in [2.75, 3.05) is 0 Å². The Morgan fingerprint density at radius 2 is 1.88 bits per heavy atom. The van der Waals surface area contributed by atoms with Crippen LogP contribution in [0.4, 0.5) is 5.69 Å². The van der Waals surface area contributed by atoms with Gasteiger partial charge in [-0.25, -0.2) is 0 Å². The van der Waals surface area contributed by atoms with Gasteiger partial charge in [-0.3, -0.25) is 4.99 Å². The number of aromatic nitrogens is 1. The van der Waals surface area contributed by atoms with E-state index in [2.05, 4.69) is 88.0 Å². The molecule has 0 amide bonds. The molecule has 122 valence electrons. The lowest BCUT2D eigenvalue weighted by molar-refractivity contribution is 0.734. The molecule has 1 aromatic heterocycles. The molecule has 2 nitrogen and oxygen atoms in total. The van der Waals surface area contributed by atoms with Gasteiger partial charge in [0, 0.05) is 16.4 Å². The molecule has 0 saturated heterocycles. The van der Waals surface area contributed by atoms with Gasteiger partial charge >= 0.3 is 0 Å². The summed E-state index contributed by atoms with van der Waals surface area (Å²) in [5.74, 6) is 0.594. The van der Waals surface area contributed by atoms with Gasteiger partial charge in [0.15, 0.2) is 0 Å². The molecule has 3 aromatic rings. The van der Waals surface area contributed by atoms with E-state index >= 15 is 0 Å². The number of aliphatic imine (C=N–C) groups is 1. The first-order valence-electron chi connectivity index (χ1n) is 8.24. The van der Waals surface area contributed by atoms with E-state index in [9.17, 15) is 0 Å². The Morgan fingerprint density at radius 1 is 1.08 bits per heavy atom. The number of hydrogen-bond donors (Lipinski definition) is 0. The van der Waals surface area contributed by atoms with Gasteiger partial charge in [-0.05, 0) is 60.4 Å². The quantitative estimate of drug-likeness (QED) is 0.449. The lowest BCUT2D eigenvalue weighted by atomic mass is 9.99. The second kappa shape index (κ2) is 7.63. The number of nitrogens with zero attached hydrogens (tertiary/aromatic N) is 2. The van der Waals surface area contributed by atoms with Gasteiger partial charge in [0.2, 0.25) is 0 Å². The van der Waals surface area contributed by atoms with Crippen molar-refractivity contribution in [1.82, 2.24) is 4.57 Å². The zero-order valence-electron chi connectivity index (χ0n) is 14.0. The van der Waals surface area contributed by atoms with Crippen molar-refractivity contribution < 1.29 is 0 Å². The van der Waals surface area contributed by atoms with Crippen LogP contribution in [0.3, 0.4) is 0 Å². The highest BCUT2D eigenvalue weighted by molar-refractivity contribution is 9.10. The van der Waals surface area contributed by atoms with Crippen LogP contribution >= 0.6 is 15.9 Å². The molecular weight excluding hydrogens is 360 g/mol. The Kier molecular flexibility index (Phi) is 5.31. The highest BCUT2D eigenvalue weighted by Gasteiger charge is 2.03. The van der Waals surface area contributed by atoms with Crippen molar-refractivity contribution in [3.8, 4) is 5.69 Å². The van der Waals surface area contributed by atoms with Crippen LogP contribution in [0.1, 0.15) is 37.4 Å². The molecule has 1 atom stereocenters. The Labute approximate surface area is 152 Å². The molecular formula is C21H21BrN2. The Bertz CT molecular complexity index is 831. The van der Waals surface area contributed by atoms with Crippen molar-refractivity contribution in [3.05, 3.63) is 82.6 Å². The normalized spacial score (nSPS) is 12.6. The first kappa shape index (κ1) is 16.7. The van der Waals surface area contributed by atoms with Gasteiger partial charge in [0.05, 0.1) is 17.6 Å². The number of halogens is 1. The summed E-state index contributed by atoms with van der Waals surface area (Å²) in [6.07, 6.45) is 5.12. The standard InChI is InChI=1S/C21H21BrN2/c1-3-16(2)17-9-11-19(12-10-17)23-15-21-8-5-13-24(21)20-7-4-6-18(22)14-20/h4-16H,3H2,1-2H3/t16-/m1/s1. The lowest BCUT2D eigenvalue weighted by Gasteiger charge is -2.08. The molecule has 3 heteroatoms. The number of rotatable bonds is 5. The van der Waals surface area contributed by atoms with Crippen LogP contribution in [0.15, 0.2) is 76.3 Å². The molecule has 0 aliphatic carbocycles. The number of benzene rings is 2. The molecule has 0 spiro atoms. The van der Waals surface area contributed by atoms with E-state index in [1.807, 2.05) is 24.4 Å². The molecule has 0 bridgehead atoms. The van der Waals surface area contributed by atoms with Crippen LogP contribution in [0, 0.1) is 0 Å². The van der Waals surface area contributed by atoms with E-state index in [0.29, 0.717) is 5.92 Å². The van der Waals surface area contributed by atoms with E-state index < -0.39 is 0 Å². The zero-order valence-corrected chi connectivity index (χ0v) is 15.6. The van der Waals surface area contributed by atoms with Crippen molar-refractivity contribution in [2.45, 2.75) is 26.2 Å². The second-order valence-corrected chi connectivity index (χ2v) is 6.86. The van der Waals surface area contributed by atoms with Crippen molar-refractivity contribution in [2.24, 2.45) is 4.99 Å². The average molecular weight is 381 g/mol. The minimum atomic E-state index is 0.594. The fraction of sp³-hybridized carbons (Fsp3) is 0.190. The van der Waals surface area contributed by atoms with Gasteiger partial charge < -0.3 is 4.57 Å². The molecule has 0 aliphatic rings. The largest absolute Gasteiger partial charge is 0.316 e. The number of hydrogen-bond acceptors (Lipinski definition) is 1. The molecule has 0 unspecified atom stereocenters. The Balaban J connectivity index is 1.82. The molecule has 1 heterocycles. The van der Waals surface area contributed by atoms with Gasteiger partial charge in [0.25, 0.3) is 0 Å². The Hall–Kier alpha value is -2.13. The fourth-order valence-corrected chi connectivity index (χ4v) is 3.01. The summed E-state index contributed by atoms with van der Waals surface area (Å²) in [6.45, 7) is 4.47. The SMILES string of the molecule is CC[C@@H](C)c1ccc(N=Cc2cccn2-c2cccc(Br)c2)cc1. The first-order valence-corrected chi connectivity index (χ1v) is 9.04. The first-order chi connectivity index (χ1) is 11.7. The zero-order chi connectivity index (χ0) is 16.9. The fourth-order valence-electron chi connectivity index (χ4n) is 2.63. The second-order valence-electron chi connectivity index (χ2n) is 5.94. The van der Waals surface area contributed by atoms with Crippen LogP contribution in [-0.4, -0.2) is 10.8 Å². The van der Waals surface area contributed by atoms with Crippen molar-refractivity contribution >= 4 is 27.8 Å². The molecule has 0 saturated carbocycles. The average Bonchev–Trinajstić information content (AvgIpc) is 3.08. The highest BCUT2D eigenvalue weighted by atomic mass is 79.9. The van der Waals surface area contributed by atoms with Gasteiger partial charge in [0.1, 0.15) is 0 Å². The lowest BCUT2D eigenvalue weighted by Crippen LogP contribution is -1.97. The van der Waals surface area contributed by atoms with E-state index in [1.165, 1.54) is 5.56 Å². The van der Waals surface area contributed by atoms with E-state index in [4.69, 9.17) is 0 Å². The molecule has 2 aromatic carbocycles. The molecule has 0 radical (unpaired) electrons. The molecule has 0 aliphatic heterocycles. The molecule has 3 rings (SSSR count). The summed E-state index contributed by atoms with van der Waals surface area (Å²) in [4.78, 5) is 4.63. The van der Waals surface area contributed by atoms with Crippen LogP contribution in [-0.2, 0) is 0 Å². The van der Waals surface area contributed by atoms with Gasteiger partial charge in [-0.2, -0.15) is 0 Å².